The zero-order chi connectivity index (χ0) is 13.2. The van der Waals surface area contributed by atoms with E-state index >= 15 is 0 Å². The molecular formula is C11H12F5N. The fraction of sp³-hybridized carbons (Fsp3) is 0.455. The van der Waals surface area contributed by atoms with Crippen molar-refractivity contribution in [2.24, 2.45) is 0 Å². The van der Waals surface area contributed by atoms with Crippen LogP contribution in [0.25, 0.3) is 0 Å². The maximum atomic E-state index is 13.3. The standard InChI is InChI=1S/C11H12F5N/c1-3-5(4-2)17-11-9(15)7(13)6(12)8(14)10(11)16/h5,17H,3-4H2,1-2H3. The Hall–Kier alpha value is -1.33. The topological polar surface area (TPSA) is 12.0 Å². The van der Waals surface area contributed by atoms with Crippen molar-refractivity contribution in [2.75, 3.05) is 5.32 Å². The highest BCUT2D eigenvalue weighted by molar-refractivity contribution is 5.48. The van der Waals surface area contributed by atoms with Gasteiger partial charge in [0.2, 0.25) is 5.82 Å². The SMILES string of the molecule is CCC(CC)Nc1c(F)c(F)c(F)c(F)c1F. The van der Waals surface area contributed by atoms with Gasteiger partial charge in [0.1, 0.15) is 5.69 Å². The predicted molar refractivity (Wildman–Crippen MR) is 54.2 cm³/mol. The molecule has 1 rings (SSSR count). The molecule has 1 nitrogen and oxygen atoms in total. The molecule has 0 atom stereocenters. The molecule has 0 aromatic heterocycles. The van der Waals surface area contributed by atoms with Crippen LogP contribution in [0.2, 0.25) is 0 Å². The third kappa shape index (κ3) is 2.50. The lowest BCUT2D eigenvalue weighted by molar-refractivity contribution is 0.380. The Morgan fingerprint density at radius 3 is 1.47 bits per heavy atom. The molecule has 1 N–H and O–H groups in total. The quantitative estimate of drug-likeness (QED) is 0.486. The first-order valence-electron chi connectivity index (χ1n) is 5.21. The van der Waals surface area contributed by atoms with Crippen molar-refractivity contribution < 1.29 is 22.0 Å². The number of hydrogen-bond acceptors (Lipinski definition) is 1. The van der Waals surface area contributed by atoms with E-state index in [1.807, 2.05) is 0 Å². The Morgan fingerprint density at radius 2 is 1.12 bits per heavy atom. The average molecular weight is 253 g/mol. The van der Waals surface area contributed by atoms with Gasteiger partial charge in [-0.3, -0.25) is 0 Å². The zero-order valence-electron chi connectivity index (χ0n) is 9.38. The summed E-state index contributed by atoms with van der Waals surface area (Å²) < 4.78 is 65.0. The third-order valence-corrected chi connectivity index (χ3v) is 2.54. The van der Waals surface area contributed by atoms with Gasteiger partial charge >= 0.3 is 0 Å². The molecule has 0 unspecified atom stereocenters. The van der Waals surface area contributed by atoms with Crippen LogP contribution in [-0.2, 0) is 0 Å². The second-order valence-corrected chi connectivity index (χ2v) is 3.60. The first-order chi connectivity index (χ1) is 7.93. The lowest BCUT2D eigenvalue weighted by Crippen LogP contribution is -2.20. The maximum Gasteiger partial charge on any atom is 0.200 e. The summed E-state index contributed by atoms with van der Waals surface area (Å²) in [6.07, 6.45) is 1.02. The number of halogens is 5. The van der Waals surface area contributed by atoms with E-state index < -0.39 is 34.8 Å². The first-order valence-corrected chi connectivity index (χ1v) is 5.21. The number of nitrogens with one attached hydrogen (secondary N) is 1. The smallest absolute Gasteiger partial charge is 0.200 e. The summed E-state index contributed by atoms with van der Waals surface area (Å²) >= 11 is 0. The number of benzene rings is 1. The summed E-state index contributed by atoms with van der Waals surface area (Å²) in [6.45, 7) is 3.49. The van der Waals surface area contributed by atoms with Crippen LogP contribution >= 0.6 is 0 Å². The largest absolute Gasteiger partial charge is 0.377 e. The summed E-state index contributed by atoms with van der Waals surface area (Å²) in [7, 11) is 0. The maximum absolute atomic E-state index is 13.3. The van der Waals surface area contributed by atoms with Crippen LogP contribution in [0.3, 0.4) is 0 Å². The van der Waals surface area contributed by atoms with Crippen LogP contribution in [0.1, 0.15) is 26.7 Å². The molecule has 0 radical (unpaired) electrons. The summed E-state index contributed by atoms with van der Waals surface area (Å²) in [5, 5.41) is 2.33. The number of hydrogen-bond donors (Lipinski definition) is 1. The lowest BCUT2D eigenvalue weighted by Gasteiger charge is -2.17. The van der Waals surface area contributed by atoms with E-state index in [0.717, 1.165) is 0 Å². The van der Waals surface area contributed by atoms with E-state index in [9.17, 15) is 22.0 Å². The normalized spacial score (nSPS) is 11.1. The van der Waals surface area contributed by atoms with Crippen molar-refractivity contribution in [1.29, 1.82) is 0 Å². The van der Waals surface area contributed by atoms with Crippen molar-refractivity contribution >= 4 is 5.69 Å². The lowest BCUT2D eigenvalue weighted by atomic mass is 10.1. The van der Waals surface area contributed by atoms with E-state index in [1.54, 1.807) is 13.8 Å². The van der Waals surface area contributed by atoms with Gasteiger partial charge in [-0.25, -0.2) is 22.0 Å². The van der Waals surface area contributed by atoms with Gasteiger partial charge in [0.05, 0.1) is 0 Å². The molecule has 1 aromatic rings. The van der Waals surface area contributed by atoms with Crippen LogP contribution in [0.5, 0.6) is 0 Å². The van der Waals surface area contributed by atoms with Crippen molar-refractivity contribution in [3.8, 4) is 0 Å². The van der Waals surface area contributed by atoms with Crippen LogP contribution in [0.15, 0.2) is 0 Å². The van der Waals surface area contributed by atoms with Crippen molar-refractivity contribution in [2.45, 2.75) is 32.7 Å². The van der Waals surface area contributed by atoms with E-state index in [-0.39, 0.29) is 6.04 Å². The van der Waals surface area contributed by atoms with E-state index in [1.165, 1.54) is 0 Å². The highest BCUT2D eigenvalue weighted by Gasteiger charge is 2.26. The highest BCUT2D eigenvalue weighted by atomic mass is 19.2. The monoisotopic (exact) mass is 253 g/mol. The molecule has 0 amide bonds. The molecule has 1 aromatic carbocycles. The Bertz CT molecular complexity index is 386. The second kappa shape index (κ2) is 5.33. The van der Waals surface area contributed by atoms with E-state index in [2.05, 4.69) is 5.32 Å². The molecule has 0 aliphatic heterocycles. The van der Waals surface area contributed by atoms with Gasteiger partial charge in [0.15, 0.2) is 23.3 Å². The number of anilines is 1. The predicted octanol–water partition coefficient (Wildman–Crippen LogP) is 3.98. The van der Waals surface area contributed by atoms with Gasteiger partial charge in [-0.1, -0.05) is 13.8 Å². The third-order valence-electron chi connectivity index (χ3n) is 2.54. The summed E-state index contributed by atoms with van der Waals surface area (Å²) in [4.78, 5) is 0. The molecule has 0 aliphatic rings. The van der Waals surface area contributed by atoms with Crippen LogP contribution < -0.4 is 5.32 Å². The fourth-order valence-electron chi connectivity index (χ4n) is 1.43. The van der Waals surface area contributed by atoms with Gasteiger partial charge in [-0.2, -0.15) is 0 Å². The van der Waals surface area contributed by atoms with Crippen LogP contribution in [0, 0.1) is 29.1 Å². The van der Waals surface area contributed by atoms with Crippen molar-refractivity contribution in [1.82, 2.24) is 0 Å². The molecule has 0 saturated carbocycles. The minimum atomic E-state index is -2.14. The molecule has 0 aliphatic carbocycles. The van der Waals surface area contributed by atoms with Gasteiger partial charge in [-0.05, 0) is 12.8 Å². The molecule has 17 heavy (non-hydrogen) atoms. The molecule has 0 heterocycles. The van der Waals surface area contributed by atoms with E-state index in [0.29, 0.717) is 12.8 Å². The first kappa shape index (κ1) is 13.7. The van der Waals surface area contributed by atoms with Crippen LogP contribution in [-0.4, -0.2) is 6.04 Å². The Balaban J connectivity index is 3.24. The highest BCUT2D eigenvalue weighted by Crippen LogP contribution is 2.28. The van der Waals surface area contributed by atoms with E-state index in [4.69, 9.17) is 0 Å². The minimum absolute atomic E-state index is 0.344. The van der Waals surface area contributed by atoms with Crippen molar-refractivity contribution in [3.63, 3.8) is 0 Å². The van der Waals surface area contributed by atoms with Crippen molar-refractivity contribution in [3.05, 3.63) is 29.1 Å². The summed E-state index contributed by atoms with van der Waals surface area (Å²) in [5.74, 6) is -9.66. The molecule has 0 saturated heterocycles. The Morgan fingerprint density at radius 1 is 0.765 bits per heavy atom. The fourth-order valence-corrected chi connectivity index (χ4v) is 1.43. The average Bonchev–Trinajstić information content (AvgIpc) is 2.34. The molecule has 0 spiro atoms. The summed E-state index contributed by atoms with van der Waals surface area (Å²) in [5.41, 5.74) is -0.963. The Kier molecular flexibility index (Phi) is 4.31. The Labute approximate surface area is 95.6 Å². The van der Waals surface area contributed by atoms with Gasteiger partial charge in [-0.15, -0.1) is 0 Å². The molecule has 0 fully saturated rings. The molecule has 0 bridgehead atoms. The molecular weight excluding hydrogens is 241 g/mol. The minimum Gasteiger partial charge on any atom is -0.377 e. The zero-order valence-corrected chi connectivity index (χ0v) is 9.38. The molecule has 6 heteroatoms. The second-order valence-electron chi connectivity index (χ2n) is 3.60. The number of rotatable bonds is 4. The van der Waals surface area contributed by atoms with Gasteiger partial charge in [0, 0.05) is 6.04 Å². The molecule has 96 valence electrons. The van der Waals surface area contributed by atoms with Gasteiger partial charge in [0.25, 0.3) is 0 Å². The van der Waals surface area contributed by atoms with Gasteiger partial charge < -0.3 is 5.32 Å². The van der Waals surface area contributed by atoms with Crippen LogP contribution in [0.4, 0.5) is 27.6 Å². The summed E-state index contributed by atoms with van der Waals surface area (Å²) in [6, 6.07) is -0.344.